The summed E-state index contributed by atoms with van der Waals surface area (Å²) in [6.45, 7) is 6.57. The van der Waals surface area contributed by atoms with Gasteiger partial charge in [0.05, 0.1) is 0 Å². The molecule has 0 aliphatic heterocycles. The number of azide groups is 1. The van der Waals surface area contributed by atoms with Gasteiger partial charge < -0.3 is 4.74 Å². The molecule has 0 fully saturated rings. The van der Waals surface area contributed by atoms with Gasteiger partial charge in [-0.15, -0.1) is 0 Å². The molecular formula is C14H19N3O. The highest BCUT2D eigenvalue weighted by Crippen LogP contribution is 2.18. The van der Waals surface area contributed by atoms with Crippen molar-refractivity contribution in [3.8, 4) is 5.75 Å². The van der Waals surface area contributed by atoms with Crippen molar-refractivity contribution in [1.82, 2.24) is 0 Å². The van der Waals surface area contributed by atoms with Gasteiger partial charge in [0.25, 0.3) is 0 Å². The summed E-state index contributed by atoms with van der Waals surface area (Å²) in [6, 6.07) is 7.92. The highest BCUT2D eigenvalue weighted by molar-refractivity contribution is 5.50. The minimum Gasteiger partial charge on any atom is -0.488 e. The minimum absolute atomic E-state index is 0.174. The maximum atomic E-state index is 8.13. The second-order valence-corrected chi connectivity index (χ2v) is 4.93. The first-order valence-corrected chi connectivity index (χ1v) is 5.98. The van der Waals surface area contributed by atoms with Crippen LogP contribution in [0.4, 0.5) is 0 Å². The molecule has 4 heteroatoms. The van der Waals surface area contributed by atoms with Crippen molar-refractivity contribution in [2.24, 2.45) is 5.11 Å². The SMILES string of the molecule is CC(C)(C)Oc1ccc(C=CCCN=[N+]=[N-])cc1. The van der Waals surface area contributed by atoms with Crippen LogP contribution in [0.3, 0.4) is 0 Å². The maximum absolute atomic E-state index is 8.13. The van der Waals surface area contributed by atoms with Crippen molar-refractivity contribution in [2.45, 2.75) is 32.8 Å². The average Bonchev–Trinajstić information content (AvgIpc) is 2.29. The Balaban J connectivity index is 2.52. The average molecular weight is 245 g/mol. The van der Waals surface area contributed by atoms with Gasteiger partial charge in [-0.1, -0.05) is 29.4 Å². The Bertz CT molecular complexity index is 437. The Kier molecular flexibility index (Phi) is 5.28. The predicted molar refractivity (Wildman–Crippen MR) is 74.5 cm³/mol. The third kappa shape index (κ3) is 5.97. The molecule has 0 saturated heterocycles. The molecule has 0 unspecified atom stereocenters. The number of nitrogens with zero attached hydrogens (tertiary/aromatic N) is 3. The fourth-order valence-corrected chi connectivity index (χ4v) is 1.40. The zero-order chi connectivity index (χ0) is 13.4. The first-order chi connectivity index (χ1) is 8.51. The van der Waals surface area contributed by atoms with Crippen LogP contribution in [0.15, 0.2) is 35.5 Å². The molecule has 0 aromatic heterocycles. The van der Waals surface area contributed by atoms with Crippen LogP contribution in [0, 0.1) is 0 Å². The molecule has 0 amide bonds. The highest BCUT2D eigenvalue weighted by atomic mass is 16.5. The monoisotopic (exact) mass is 245 g/mol. The van der Waals surface area contributed by atoms with E-state index < -0.39 is 0 Å². The van der Waals surface area contributed by atoms with Crippen LogP contribution in [0.1, 0.15) is 32.8 Å². The number of benzene rings is 1. The normalized spacial score (nSPS) is 11.3. The predicted octanol–water partition coefficient (Wildman–Crippen LogP) is 4.58. The van der Waals surface area contributed by atoms with E-state index in [4.69, 9.17) is 10.3 Å². The molecule has 0 heterocycles. The molecule has 96 valence electrons. The lowest BCUT2D eigenvalue weighted by molar-refractivity contribution is 0.131. The van der Waals surface area contributed by atoms with E-state index in [0.29, 0.717) is 6.54 Å². The molecule has 1 aromatic rings. The van der Waals surface area contributed by atoms with E-state index in [0.717, 1.165) is 17.7 Å². The molecule has 0 aliphatic carbocycles. The molecule has 1 aromatic carbocycles. The van der Waals surface area contributed by atoms with E-state index in [1.807, 2.05) is 57.2 Å². The van der Waals surface area contributed by atoms with Crippen molar-refractivity contribution < 1.29 is 4.74 Å². The Labute approximate surface area is 108 Å². The van der Waals surface area contributed by atoms with Crippen LogP contribution in [0.25, 0.3) is 16.5 Å². The minimum atomic E-state index is -0.174. The molecule has 0 saturated carbocycles. The van der Waals surface area contributed by atoms with Gasteiger partial charge in [-0.25, -0.2) is 0 Å². The lowest BCUT2D eigenvalue weighted by Gasteiger charge is -2.21. The molecule has 0 aliphatic rings. The Morgan fingerprint density at radius 2 is 1.94 bits per heavy atom. The van der Waals surface area contributed by atoms with Crippen LogP contribution in [0.5, 0.6) is 5.75 Å². The van der Waals surface area contributed by atoms with E-state index >= 15 is 0 Å². The summed E-state index contributed by atoms with van der Waals surface area (Å²) >= 11 is 0. The van der Waals surface area contributed by atoms with Gasteiger partial charge in [-0.3, -0.25) is 0 Å². The maximum Gasteiger partial charge on any atom is 0.120 e. The van der Waals surface area contributed by atoms with Gasteiger partial charge in [-0.2, -0.15) is 0 Å². The lowest BCUT2D eigenvalue weighted by atomic mass is 10.1. The molecule has 18 heavy (non-hydrogen) atoms. The van der Waals surface area contributed by atoms with Crippen LogP contribution in [-0.4, -0.2) is 12.1 Å². The molecule has 0 spiro atoms. The Hall–Kier alpha value is -1.93. The lowest BCUT2D eigenvalue weighted by Crippen LogP contribution is -2.22. The smallest absolute Gasteiger partial charge is 0.120 e. The van der Waals surface area contributed by atoms with Crippen LogP contribution in [0.2, 0.25) is 0 Å². The first-order valence-electron chi connectivity index (χ1n) is 5.98. The molecule has 0 N–H and O–H groups in total. The summed E-state index contributed by atoms with van der Waals surface area (Å²) in [6.07, 6.45) is 4.76. The molecular weight excluding hydrogens is 226 g/mol. The summed E-state index contributed by atoms with van der Waals surface area (Å²) in [5.74, 6) is 0.869. The van der Waals surface area contributed by atoms with Crippen LogP contribution in [-0.2, 0) is 0 Å². The van der Waals surface area contributed by atoms with Crippen molar-refractivity contribution in [3.05, 3.63) is 46.3 Å². The zero-order valence-corrected chi connectivity index (χ0v) is 11.1. The van der Waals surface area contributed by atoms with Crippen molar-refractivity contribution in [3.63, 3.8) is 0 Å². The van der Waals surface area contributed by atoms with E-state index in [1.165, 1.54) is 0 Å². The topological polar surface area (TPSA) is 58.0 Å². The van der Waals surface area contributed by atoms with Gasteiger partial charge in [0, 0.05) is 11.5 Å². The fraction of sp³-hybridized carbons (Fsp3) is 0.429. The van der Waals surface area contributed by atoms with Gasteiger partial charge >= 0.3 is 0 Å². The third-order valence-electron chi connectivity index (χ3n) is 2.07. The van der Waals surface area contributed by atoms with Crippen LogP contribution >= 0.6 is 0 Å². The molecule has 0 radical (unpaired) electrons. The van der Waals surface area contributed by atoms with E-state index in [9.17, 15) is 0 Å². The molecule has 0 atom stereocenters. The quantitative estimate of drug-likeness (QED) is 0.324. The number of rotatable bonds is 5. The third-order valence-corrected chi connectivity index (χ3v) is 2.07. The standard InChI is InChI=1S/C14H19N3O/c1-14(2,3)18-13-9-7-12(8-10-13)6-4-5-11-16-17-15/h4,6-10H,5,11H2,1-3H3. The second kappa shape index (κ2) is 6.72. The summed E-state index contributed by atoms with van der Waals surface area (Å²) in [4.78, 5) is 2.70. The molecule has 4 nitrogen and oxygen atoms in total. The van der Waals surface area contributed by atoms with Crippen LogP contribution < -0.4 is 4.74 Å². The second-order valence-electron chi connectivity index (χ2n) is 4.93. The van der Waals surface area contributed by atoms with Crippen molar-refractivity contribution >= 4 is 6.08 Å². The first kappa shape index (κ1) is 14.1. The Morgan fingerprint density at radius 1 is 1.28 bits per heavy atom. The summed E-state index contributed by atoms with van der Waals surface area (Å²) < 4.78 is 5.73. The zero-order valence-electron chi connectivity index (χ0n) is 11.1. The van der Waals surface area contributed by atoms with Crippen molar-refractivity contribution in [1.29, 1.82) is 0 Å². The summed E-state index contributed by atoms with van der Waals surface area (Å²) in [7, 11) is 0. The molecule has 0 bridgehead atoms. The van der Waals surface area contributed by atoms with E-state index in [-0.39, 0.29) is 5.60 Å². The number of ether oxygens (including phenoxy) is 1. The van der Waals surface area contributed by atoms with Gasteiger partial charge in [-0.05, 0) is 50.4 Å². The van der Waals surface area contributed by atoms with Gasteiger partial charge in [0.15, 0.2) is 0 Å². The Morgan fingerprint density at radius 3 is 2.50 bits per heavy atom. The van der Waals surface area contributed by atoms with Gasteiger partial charge in [0.1, 0.15) is 11.4 Å². The summed E-state index contributed by atoms with van der Waals surface area (Å²) in [5.41, 5.74) is 9.06. The highest BCUT2D eigenvalue weighted by Gasteiger charge is 2.10. The van der Waals surface area contributed by atoms with Gasteiger partial charge in [0.2, 0.25) is 0 Å². The number of hydrogen-bond donors (Lipinski definition) is 0. The molecule has 1 rings (SSSR count). The largest absolute Gasteiger partial charge is 0.488 e. The fourth-order valence-electron chi connectivity index (χ4n) is 1.40. The number of hydrogen-bond acceptors (Lipinski definition) is 2. The van der Waals surface area contributed by atoms with E-state index in [1.54, 1.807) is 0 Å². The summed E-state index contributed by atoms with van der Waals surface area (Å²) in [5, 5.41) is 3.47. The van der Waals surface area contributed by atoms with E-state index in [2.05, 4.69) is 10.0 Å². The van der Waals surface area contributed by atoms with Crippen molar-refractivity contribution in [2.75, 3.05) is 6.54 Å².